The van der Waals surface area contributed by atoms with Crippen LogP contribution in [0.4, 0.5) is 21.8 Å². The zero-order valence-corrected chi connectivity index (χ0v) is 15.0. The van der Waals surface area contributed by atoms with Crippen molar-refractivity contribution in [2.45, 2.75) is 37.5 Å². The lowest BCUT2D eigenvalue weighted by Gasteiger charge is -2.32. The quantitative estimate of drug-likeness (QED) is 0.823. The van der Waals surface area contributed by atoms with Crippen molar-refractivity contribution in [3.05, 3.63) is 24.7 Å². The van der Waals surface area contributed by atoms with Crippen LogP contribution in [0.25, 0.3) is 0 Å². The maximum absolute atomic E-state index is 13.3. The SMILES string of the molecule is Cn1cc(Nc2nccc([N+]3=CC4CCC(C3)N4C(=O)[C@@H]3C[C@H]3F)n2)cn1. The summed E-state index contributed by atoms with van der Waals surface area (Å²) in [6, 6.07) is 2.00. The molecule has 0 aromatic carbocycles. The number of aromatic nitrogens is 4. The van der Waals surface area contributed by atoms with Crippen LogP contribution in [-0.2, 0) is 11.8 Å². The number of hydrogen-bond acceptors (Lipinski definition) is 5. The molecule has 0 radical (unpaired) electrons. The molecule has 2 aromatic heterocycles. The number of fused-ring (bicyclic) bond motifs is 2. The van der Waals surface area contributed by atoms with Gasteiger partial charge in [-0.2, -0.15) is 10.1 Å². The summed E-state index contributed by atoms with van der Waals surface area (Å²) in [4.78, 5) is 23.3. The van der Waals surface area contributed by atoms with E-state index in [1.165, 1.54) is 0 Å². The first-order valence-corrected chi connectivity index (χ1v) is 9.25. The summed E-state index contributed by atoms with van der Waals surface area (Å²) in [5.74, 6) is 0.850. The Morgan fingerprint density at radius 3 is 2.96 bits per heavy atom. The number of carbonyl (C=O) groups is 1. The van der Waals surface area contributed by atoms with Gasteiger partial charge in [-0.25, -0.2) is 8.97 Å². The van der Waals surface area contributed by atoms with Gasteiger partial charge in [-0.15, -0.1) is 0 Å². The summed E-state index contributed by atoms with van der Waals surface area (Å²) < 4.78 is 17.1. The van der Waals surface area contributed by atoms with Crippen LogP contribution in [0.15, 0.2) is 24.7 Å². The molecule has 2 aliphatic heterocycles. The molecule has 4 heterocycles. The van der Waals surface area contributed by atoms with Gasteiger partial charge in [0.15, 0.2) is 0 Å². The summed E-state index contributed by atoms with van der Waals surface area (Å²) in [6.07, 6.45) is 8.62. The predicted molar refractivity (Wildman–Crippen MR) is 96.0 cm³/mol. The van der Waals surface area contributed by atoms with Gasteiger partial charge in [-0.1, -0.05) is 0 Å². The van der Waals surface area contributed by atoms with Crippen molar-refractivity contribution in [2.24, 2.45) is 13.0 Å². The van der Waals surface area contributed by atoms with Crippen LogP contribution in [0.5, 0.6) is 0 Å². The second-order valence-corrected chi connectivity index (χ2v) is 7.47. The molecule has 2 unspecified atom stereocenters. The van der Waals surface area contributed by atoms with E-state index in [0.717, 1.165) is 24.3 Å². The molecule has 2 fully saturated rings. The Hall–Kier alpha value is -2.84. The van der Waals surface area contributed by atoms with Crippen molar-refractivity contribution in [2.75, 3.05) is 11.9 Å². The van der Waals surface area contributed by atoms with Crippen molar-refractivity contribution in [3.8, 4) is 0 Å². The normalized spacial score (nSPS) is 28.8. The van der Waals surface area contributed by atoms with Crippen molar-refractivity contribution in [1.29, 1.82) is 0 Å². The topological polar surface area (TPSA) is 79.0 Å². The Kier molecular flexibility index (Phi) is 3.70. The number of alkyl halides is 1. The maximum atomic E-state index is 13.3. The van der Waals surface area contributed by atoms with E-state index in [-0.39, 0.29) is 18.0 Å². The Morgan fingerprint density at radius 1 is 1.41 bits per heavy atom. The van der Waals surface area contributed by atoms with Gasteiger partial charge >= 0.3 is 11.8 Å². The summed E-state index contributed by atoms with van der Waals surface area (Å²) in [6.45, 7) is 0.676. The molecule has 3 aliphatic rings. The second kappa shape index (κ2) is 6.11. The van der Waals surface area contributed by atoms with Gasteiger partial charge in [-0.05, 0) is 24.2 Å². The molecule has 5 rings (SSSR count). The Labute approximate surface area is 155 Å². The first kappa shape index (κ1) is 16.3. The lowest BCUT2D eigenvalue weighted by atomic mass is 10.2. The standard InChI is InChI=1S/C18H21FN7O/c1-24-8-11(7-21-24)22-18-20-5-4-16(23-18)25-9-12-2-3-13(10-25)26(12)17(27)14-6-15(14)19/h4-5,7-9,12-15H,2-3,6,10H2,1H3,(H,20,22,23)/q+1/t12?,13?,14-,15-/m1/s1. The Bertz CT molecular complexity index is 926. The van der Waals surface area contributed by atoms with Crippen LogP contribution >= 0.6 is 0 Å². The average molecular weight is 370 g/mol. The van der Waals surface area contributed by atoms with Gasteiger partial charge < -0.3 is 4.90 Å². The van der Waals surface area contributed by atoms with Crippen molar-refractivity contribution in [1.82, 2.24) is 24.6 Å². The number of amides is 1. The fraction of sp³-hybridized carbons (Fsp3) is 0.500. The molecule has 1 N–H and O–H groups in total. The highest BCUT2D eigenvalue weighted by Crippen LogP contribution is 2.39. The predicted octanol–water partition coefficient (Wildman–Crippen LogP) is 1.40. The highest BCUT2D eigenvalue weighted by Gasteiger charge is 2.51. The van der Waals surface area contributed by atoms with Gasteiger partial charge in [0, 0.05) is 19.4 Å². The first-order chi connectivity index (χ1) is 13.1. The number of rotatable bonds is 4. The summed E-state index contributed by atoms with van der Waals surface area (Å²) in [7, 11) is 1.85. The molecule has 0 spiro atoms. The van der Waals surface area contributed by atoms with Gasteiger partial charge in [0.05, 0.1) is 42.2 Å². The molecule has 8 nitrogen and oxygen atoms in total. The third-order valence-electron chi connectivity index (χ3n) is 5.49. The highest BCUT2D eigenvalue weighted by atomic mass is 19.1. The fourth-order valence-corrected chi connectivity index (χ4v) is 4.04. The third kappa shape index (κ3) is 2.96. The zero-order chi connectivity index (χ0) is 18.5. The minimum atomic E-state index is -0.946. The van der Waals surface area contributed by atoms with Gasteiger partial charge in [0.1, 0.15) is 12.7 Å². The number of carbonyl (C=O) groups excluding carboxylic acids is 1. The van der Waals surface area contributed by atoms with E-state index in [2.05, 4.69) is 25.0 Å². The van der Waals surface area contributed by atoms with E-state index >= 15 is 0 Å². The number of nitrogens with zero attached hydrogens (tertiary/aromatic N) is 6. The second-order valence-electron chi connectivity index (χ2n) is 7.47. The third-order valence-corrected chi connectivity index (χ3v) is 5.49. The van der Waals surface area contributed by atoms with Crippen LogP contribution in [0, 0.1) is 5.92 Å². The summed E-state index contributed by atoms with van der Waals surface area (Å²) in [5.41, 5.74) is 0.819. The summed E-state index contributed by atoms with van der Waals surface area (Å²) in [5, 5.41) is 7.27. The minimum Gasteiger partial charge on any atom is -0.325 e. The Morgan fingerprint density at radius 2 is 2.26 bits per heavy atom. The number of hydrogen-bond donors (Lipinski definition) is 1. The Balaban J connectivity index is 1.36. The van der Waals surface area contributed by atoms with E-state index in [9.17, 15) is 9.18 Å². The summed E-state index contributed by atoms with van der Waals surface area (Å²) >= 11 is 0. The van der Waals surface area contributed by atoms with Crippen LogP contribution in [-0.4, -0.2) is 66.1 Å². The van der Waals surface area contributed by atoms with E-state index in [1.54, 1.807) is 17.1 Å². The molecular formula is C18H21FN7O+. The monoisotopic (exact) mass is 370 g/mol. The van der Waals surface area contributed by atoms with Crippen molar-refractivity contribution >= 4 is 29.6 Å². The van der Waals surface area contributed by atoms with Crippen molar-refractivity contribution < 1.29 is 13.8 Å². The van der Waals surface area contributed by atoms with Gasteiger partial charge in [-0.3, -0.25) is 14.8 Å². The molecule has 1 amide bonds. The number of halogens is 1. The molecule has 4 atom stereocenters. The first-order valence-electron chi connectivity index (χ1n) is 9.25. The molecule has 140 valence electrons. The van der Waals surface area contributed by atoms with E-state index in [4.69, 9.17) is 0 Å². The molecule has 27 heavy (non-hydrogen) atoms. The highest BCUT2D eigenvalue weighted by molar-refractivity contribution is 5.86. The van der Waals surface area contributed by atoms with Crippen molar-refractivity contribution in [3.63, 3.8) is 0 Å². The number of nitrogens with one attached hydrogen (secondary N) is 1. The molecule has 9 heteroatoms. The molecular weight excluding hydrogens is 349 g/mol. The minimum absolute atomic E-state index is 0.0208. The van der Waals surface area contributed by atoms with Crippen LogP contribution < -0.4 is 5.32 Å². The zero-order valence-electron chi connectivity index (χ0n) is 15.0. The molecule has 1 saturated heterocycles. The van der Waals surface area contributed by atoms with E-state index in [0.29, 0.717) is 18.9 Å². The molecule has 1 aliphatic carbocycles. The smallest absolute Gasteiger partial charge is 0.325 e. The average Bonchev–Trinajstić information content (AvgIpc) is 3.16. The lowest BCUT2D eigenvalue weighted by Crippen LogP contribution is -2.50. The van der Waals surface area contributed by atoms with E-state index < -0.39 is 12.1 Å². The fourth-order valence-electron chi connectivity index (χ4n) is 4.04. The van der Waals surface area contributed by atoms with Gasteiger partial charge in [0.25, 0.3) is 0 Å². The van der Waals surface area contributed by atoms with E-state index in [1.807, 2.05) is 30.4 Å². The lowest BCUT2D eigenvalue weighted by molar-refractivity contribution is -0.454. The van der Waals surface area contributed by atoms with Crippen LogP contribution in [0.2, 0.25) is 0 Å². The van der Waals surface area contributed by atoms with Gasteiger partial charge in [0.2, 0.25) is 5.91 Å². The molecule has 1 saturated carbocycles. The van der Waals surface area contributed by atoms with Crippen LogP contribution in [0.1, 0.15) is 19.3 Å². The maximum Gasteiger partial charge on any atom is 0.343 e. The molecule has 2 aromatic rings. The number of anilines is 2. The number of aryl methyl sites for hydroxylation is 1. The molecule has 2 bridgehead atoms. The largest absolute Gasteiger partial charge is 0.343 e. The van der Waals surface area contributed by atoms with Crippen LogP contribution in [0.3, 0.4) is 0 Å².